The monoisotopic (exact) mass is 398 g/mol. The summed E-state index contributed by atoms with van der Waals surface area (Å²) in [6.45, 7) is 0.0718. The summed E-state index contributed by atoms with van der Waals surface area (Å²) >= 11 is 2.30. The lowest BCUT2D eigenvalue weighted by atomic mass is 10.0. The average molecular weight is 398 g/mol. The number of primary sulfonamides is 1. The summed E-state index contributed by atoms with van der Waals surface area (Å²) in [5.41, 5.74) is -0.0737. The molecule has 0 spiro atoms. The van der Waals surface area contributed by atoms with Gasteiger partial charge >= 0.3 is 5.69 Å². The Morgan fingerprint density at radius 1 is 1.24 bits per heavy atom. The molecule has 0 atom stereocenters. The second-order valence-electron chi connectivity index (χ2n) is 5.86. The zero-order chi connectivity index (χ0) is 17.8. The minimum atomic E-state index is -3.93. The van der Waals surface area contributed by atoms with E-state index in [1.807, 2.05) is 0 Å². The van der Waals surface area contributed by atoms with E-state index in [2.05, 4.69) is 9.97 Å². The molecular weight excluding hydrogens is 384 g/mol. The van der Waals surface area contributed by atoms with Gasteiger partial charge < -0.3 is 0 Å². The average Bonchev–Trinajstić information content (AvgIpc) is 3.14. The minimum absolute atomic E-state index is 0.0718. The quantitative estimate of drug-likeness (QED) is 0.674. The number of nitrogens with two attached hydrogens (primary N) is 1. The number of nitrogens with one attached hydrogen (secondary N) is 1. The fraction of sp³-hybridized carbons (Fsp3) is 0.357. The van der Waals surface area contributed by atoms with Crippen molar-refractivity contribution >= 4 is 42.9 Å². The van der Waals surface area contributed by atoms with Crippen LogP contribution in [0, 0.1) is 0 Å². The molecule has 0 saturated heterocycles. The van der Waals surface area contributed by atoms with Crippen molar-refractivity contribution in [3.8, 4) is 0 Å². The van der Waals surface area contributed by atoms with Crippen LogP contribution in [0.4, 0.5) is 0 Å². The third kappa shape index (κ3) is 2.97. The molecule has 0 aromatic carbocycles. The summed E-state index contributed by atoms with van der Waals surface area (Å²) in [7, 11) is -3.93. The Bertz CT molecular complexity index is 1180. The van der Waals surface area contributed by atoms with Gasteiger partial charge in [-0.25, -0.2) is 23.3 Å². The molecule has 8 nitrogen and oxygen atoms in total. The summed E-state index contributed by atoms with van der Waals surface area (Å²) < 4.78 is 23.8. The summed E-state index contributed by atoms with van der Waals surface area (Å²) in [5.74, 6) is 0. The van der Waals surface area contributed by atoms with Crippen molar-refractivity contribution in [2.45, 2.75) is 36.4 Å². The number of fused-ring (bicyclic) bond motifs is 2. The van der Waals surface area contributed by atoms with Gasteiger partial charge in [0, 0.05) is 4.88 Å². The lowest BCUT2D eigenvalue weighted by molar-refractivity contribution is 0.600. The Kier molecular flexibility index (Phi) is 3.90. The Hall–Kier alpha value is -1.82. The van der Waals surface area contributed by atoms with E-state index in [1.54, 1.807) is 0 Å². The number of thiophene rings is 1. The van der Waals surface area contributed by atoms with Gasteiger partial charge in [0.1, 0.15) is 14.0 Å². The third-order valence-corrected chi connectivity index (χ3v) is 7.73. The molecule has 1 aliphatic rings. The number of rotatable bonds is 3. The van der Waals surface area contributed by atoms with Crippen LogP contribution in [0.25, 0.3) is 10.2 Å². The van der Waals surface area contributed by atoms with E-state index in [-0.39, 0.29) is 21.0 Å². The van der Waals surface area contributed by atoms with Gasteiger partial charge in [-0.05, 0) is 31.7 Å². The molecule has 3 N–H and O–H groups in total. The maximum Gasteiger partial charge on any atom is 0.329 e. The largest absolute Gasteiger partial charge is 0.329 e. The van der Waals surface area contributed by atoms with E-state index < -0.39 is 21.3 Å². The number of aryl methyl sites for hydroxylation is 2. The maximum absolute atomic E-state index is 12.6. The van der Waals surface area contributed by atoms with Crippen molar-refractivity contribution < 1.29 is 8.42 Å². The van der Waals surface area contributed by atoms with Crippen molar-refractivity contribution in [2.24, 2.45) is 5.14 Å². The van der Waals surface area contributed by atoms with Crippen LogP contribution in [0.3, 0.4) is 0 Å². The van der Waals surface area contributed by atoms with Gasteiger partial charge in [0.05, 0.1) is 17.6 Å². The van der Waals surface area contributed by atoms with Gasteiger partial charge in [-0.15, -0.1) is 22.7 Å². The number of nitrogens with zero attached hydrogens (tertiary/aromatic N) is 2. The molecule has 3 aromatic heterocycles. The molecule has 1 aliphatic carbocycles. The standard InChI is InChI=1S/C14H14N4O4S3/c15-25(21,22)11-5-7-12(24-11)17-14(20)18(13(7)19)6-10-16-8-3-1-2-4-9(8)23-10/h5H,1-4,6H2,(H,17,20)(H2,15,21,22). The predicted molar refractivity (Wildman–Crippen MR) is 95.9 cm³/mol. The number of hydrogen-bond donors (Lipinski definition) is 2. The van der Waals surface area contributed by atoms with Crippen LogP contribution in [0.5, 0.6) is 0 Å². The number of sulfonamides is 1. The molecule has 0 radical (unpaired) electrons. The van der Waals surface area contributed by atoms with Crippen LogP contribution < -0.4 is 16.4 Å². The molecule has 0 fully saturated rings. The molecule has 25 heavy (non-hydrogen) atoms. The number of hydrogen-bond acceptors (Lipinski definition) is 7. The summed E-state index contributed by atoms with van der Waals surface area (Å²) in [6.07, 6.45) is 4.15. The molecule has 4 rings (SSSR count). The topological polar surface area (TPSA) is 128 Å². The van der Waals surface area contributed by atoms with E-state index in [0.717, 1.165) is 47.3 Å². The van der Waals surface area contributed by atoms with Gasteiger partial charge in [0.2, 0.25) is 10.0 Å². The first-order valence-electron chi connectivity index (χ1n) is 7.60. The van der Waals surface area contributed by atoms with Crippen molar-refractivity contribution in [1.82, 2.24) is 14.5 Å². The zero-order valence-corrected chi connectivity index (χ0v) is 15.4. The molecule has 3 heterocycles. The Balaban J connectivity index is 1.80. The summed E-state index contributed by atoms with van der Waals surface area (Å²) in [6, 6.07) is 1.21. The van der Waals surface area contributed by atoms with Crippen LogP contribution in [0.15, 0.2) is 19.9 Å². The van der Waals surface area contributed by atoms with Gasteiger partial charge in [0.25, 0.3) is 5.56 Å². The minimum Gasteiger partial charge on any atom is -0.298 e. The second kappa shape index (κ2) is 5.87. The van der Waals surface area contributed by atoms with Crippen LogP contribution in [0.2, 0.25) is 0 Å². The number of aromatic nitrogens is 3. The molecule has 0 saturated carbocycles. The van der Waals surface area contributed by atoms with Gasteiger partial charge in [0.15, 0.2) is 0 Å². The molecule has 132 valence electrons. The fourth-order valence-electron chi connectivity index (χ4n) is 2.91. The van der Waals surface area contributed by atoms with Crippen LogP contribution >= 0.6 is 22.7 Å². The van der Waals surface area contributed by atoms with E-state index in [4.69, 9.17) is 5.14 Å². The Morgan fingerprint density at radius 2 is 2.00 bits per heavy atom. The predicted octanol–water partition coefficient (Wildman–Crippen LogP) is 0.782. The second-order valence-corrected chi connectivity index (χ2v) is 9.87. The lowest BCUT2D eigenvalue weighted by Gasteiger charge is -2.06. The first-order chi connectivity index (χ1) is 11.8. The van der Waals surface area contributed by atoms with Crippen molar-refractivity contribution in [3.63, 3.8) is 0 Å². The highest BCUT2D eigenvalue weighted by Gasteiger charge is 2.19. The highest BCUT2D eigenvalue weighted by molar-refractivity contribution is 7.91. The third-order valence-electron chi connectivity index (χ3n) is 4.11. The van der Waals surface area contributed by atoms with Gasteiger partial charge in [-0.2, -0.15) is 0 Å². The molecule has 0 aliphatic heterocycles. The van der Waals surface area contributed by atoms with Crippen LogP contribution in [-0.4, -0.2) is 23.0 Å². The van der Waals surface area contributed by atoms with Crippen molar-refractivity contribution in [2.75, 3.05) is 0 Å². The normalized spacial score (nSPS) is 14.8. The molecule has 11 heteroatoms. The van der Waals surface area contributed by atoms with Gasteiger partial charge in [-0.1, -0.05) is 0 Å². The summed E-state index contributed by atoms with van der Waals surface area (Å²) in [5, 5.41) is 5.94. The number of thiazole rings is 1. The smallest absolute Gasteiger partial charge is 0.298 e. The Labute approximate surface area is 150 Å². The molecular formula is C14H14N4O4S3. The van der Waals surface area contributed by atoms with Crippen molar-refractivity contribution in [3.05, 3.63) is 42.5 Å². The van der Waals surface area contributed by atoms with Crippen LogP contribution in [0.1, 0.15) is 28.4 Å². The SMILES string of the molecule is NS(=O)(=O)c1cc2c(=O)n(Cc3nc4c(s3)CCCC4)c(=O)[nH]c2s1. The van der Waals surface area contributed by atoms with Crippen LogP contribution in [-0.2, 0) is 29.4 Å². The van der Waals surface area contributed by atoms with E-state index >= 15 is 0 Å². The first-order valence-corrected chi connectivity index (χ1v) is 10.8. The zero-order valence-electron chi connectivity index (χ0n) is 12.9. The highest BCUT2D eigenvalue weighted by Crippen LogP contribution is 2.27. The number of aromatic amines is 1. The van der Waals surface area contributed by atoms with Crippen molar-refractivity contribution in [1.29, 1.82) is 0 Å². The molecule has 0 unspecified atom stereocenters. The highest BCUT2D eigenvalue weighted by atomic mass is 32.2. The summed E-state index contributed by atoms with van der Waals surface area (Å²) in [4.78, 5) is 33.4. The molecule has 3 aromatic rings. The lowest BCUT2D eigenvalue weighted by Crippen LogP contribution is -2.34. The fourth-order valence-corrected chi connectivity index (χ4v) is 5.83. The van der Waals surface area contributed by atoms with E-state index in [0.29, 0.717) is 5.01 Å². The van der Waals surface area contributed by atoms with E-state index in [9.17, 15) is 18.0 Å². The maximum atomic E-state index is 12.6. The molecule has 0 amide bonds. The van der Waals surface area contributed by atoms with Gasteiger partial charge in [-0.3, -0.25) is 14.3 Å². The molecule has 0 bridgehead atoms. The number of H-pyrrole nitrogens is 1. The first kappa shape index (κ1) is 16.6. The Morgan fingerprint density at radius 3 is 2.72 bits per heavy atom. The van der Waals surface area contributed by atoms with E-state index in [1.165, 1.54) is 22.3 Å².